The molecule has 0 saturated heterocycles. The molecule has 0 aliphatic carbocycles. The van der Waals surface area contributed by atoms with E-state index in [1.165, 1.54) is 12.1 Å². The number of nitrogens with two attached hydrogens (primary N) is 1. The van der Waals surface area contributed by atoms with Crippen LogP contribution in [-0.2, 0) is 16.0 Å². The van der Waals surface area contributed by atoms with Crippen LogP contribution in [0.2, 0.25) is 0 Å². The second kappa shape index (κ2) is 6.61. The first-order valence-corrected chi connectivity index (χ1v) is 6.29. The van der Waals surface area contributed by atoms with Crippen molar-refractivity contribution in [2.24, 2.45) is 11.1 Å². The Balaban J connectivity index is 3.03. The lowest BCUT2D eigenvalue weighted by molar-refractivity contribution is -0.155. The number of carbonyl (C=O) groups is 1. The summed E-state index contributed by atoms with van der Waals surface area (Å²) in [4.78, 5) is 12.0. The monoisotopic (exact) mass is 271 g/mol. The average molecular weight is 271 g/mol. The van der Waals surface area contributed by atoms with Crippen molar-refractivity contribution >= 4 is 5.97 Å². The summed E-state index contributed by atoms with van der Waals surface area (Å²) in [5, 5.41) is 0. The van der Waals surface area contributed by atoms with Gasteiger partial charge in [-0.15, -0.1) is 0 Å². The van der Waals surface area contributed by atoms with Crippen LogP contribution < -0.4 is 5.73 Å². The Morgan fingerprint density at radius 1 is 1.26 bits per heavy atom. The van der Waals surface area contributed by atoms with E-state index in [0.29, 0.717) is 12.0 Å². The first kappa shape index (κ1) is 15.6. The predicted molar refractivity (Wildman–Crippen MR) is 68.5 cm³/mol. The lowest BCUT2D eigenvalue weighted by Crippen LogP contribution is -2.41. The summed E-state index contributed by atoms with van der Waals surface area (Å²) in [6.45, 7) is 3.83. The molecular weight excluding hydrogens is 252 g/mol. The third kappa shape index (κ3) is 3.73. The molecule has 1 unspecified atom stereocenters. The van der Waals surface area contributed by atoms with Crippen molar-refractivity contribution in [3.63, 3.8) is 0 Å². The molecule has 1 rings (SSSR count). The van der Waals surface area contributed by atoms with Gasteiger partial charge in [0.1, 0.15) is 11.6 Å². The molecule has 5 heteroatoms. The van der Waals surface area contributed by atoms with Gasteiger partial charge in [-0.05, 0) is 37.5 Å². The van der Waals surface area contributed by atoms with Gasteiger partial charge in [0.25, 0.3) is 0 Å². The van der Waals surface area contributed by atoms with Gasteiger partial charge < -0.3 is 10.5 Å². The van der Waals surface area contributed by atoms with Gasteiger partial charge in [-0.3, -0.25) is 4.79 Å². The quantitative estimate of drug-likeness (QED) is 0.808. The van der Waals surface area contributed by atoms with Gasteiger partial charge in [-0.2, -0.15) is 0 Å². The summed E-state index contributed by atoms with van der Waals surface area (Å²) < 4.78 is 31.4. The Labute approximate surface area is 111 Å². The Morgan fingerprint density at radius 3 is 2.26 bits per heavy atom. The fourth-order valence-electron chi connectivity index (χ4n) is 2.03. The maximum atomic E-state index is 13.2. The maximum absolute atomic E-state index is 13.2. The fourth-order valence-corrected chi connectivity index (χ4v) is 2.03. The second-order valence-electron chi connectivity index (χ2n) is 4.51. The first-order valence-electron chi connectivity index (χ1n) is 6.29. The van der Waals surface area contributed by atoms with Gasteiger partial charge in [0.05, 0.1) is 12.0 Å². The molecule has 0 saturated carbocycles. The zero-order valence-corrected chi connectivity index (χ0v) is 11.2. The zero-order valence-electron chi connectivity index (χ0n) is 11.2. The summed E-state index contributed by atoms with van der Waals surface area (Å²) in [6.07, 6.45) is 0.605. The van der Waals surface area contributed by atoms with E-state index in [-0.39, 0.29) is 19.6 Å². The number of hydrogen-bond donors (Lipinski definition) is 1. The molecule has 19 heavy (non-hydrogen) atoms. The number of halogens is 2. The minimum atomic E-state index is -0.934. The molecule has 0 amide bonds. The molecule has 0 bridgehead atoms. The Kier molecular flexibility index (Phi) is 5.42. The van der Waals surface area contributed by atoms with Crippen molar-refractivity contribution in [1.82, 2.24) is 0 Å². The average Bonchev–Trinajstić information content (AvgIpc) is 2.35. The van der Waals surface area contributed by atoms with Gasteiger partial charge >= 0.3 is 5.97 Å². The lowest BCUT2D eigenvalue weighted by atomic mass is 9.79. The van der Waals surface area contributed by atoms with Crippen molar-refractivity contribution in [3.05, 3.63) is 35.4 Å². The van der Waals surface area contributed by atoms with E-state index in [1.54, 1.807) is 13.8 Å². The van der Waals surface area contributed by atoms with Crippen molar-refractivity contribution in [2.45, 2.75) is 26.7 Å². The van der Waals surface area contributed by atoms with Crippen LogP contribution >= 0.6 is 0 Å². The number of carbonyl (C=O) groups excluding carboxylic acids is 1. The summed E-state index contributed by atoms with van der Waals surface area (Å²) >= 11 is 0. The van der Waals surface area contributed by atoms with Crippen LogP contribution in [0.5, 0.6) is 0 Å². The van der Waals surface area contributed by atoms with E-state index in [2.05, 4.69) is 0 Å². The number of hydrogen-bond acceptors (Lipinski definition) is 3. The topological polar surface area (TPSA) is 52.3 Å². The van der Waals surface area contributed by atoms with E-state index in [4.69, 9.17) is 10.5 Å². The Bertz CT molecular complexity index is 425. The molecule has 106 valence electrons. The molecule has 3 nitrogen and oxygen atoms in total. The summed E-state index contributed by atoms with van der Waals surface area (Å²) in [5.41, 5.74) is 5.15. The highest BCUT2D eigenvalue weighted by atomic mass is 19.1. The van der Waals surface area contributed by atoms with E-state index >= 15 is 0 Å². The van der Waals surface area contributed by atoms with Crippen LogP contribution in [-0.4, -0.2) is 19.1 Å². The number of rotatable bonds is 6. The highest BCUT2D eigenvalue weighted by Gasteiger charge is 2.37. The van der Waals surface area contributed by atoms with Gasteiger partial charge in [-0.1, -0.05) is 6.92 Å². The molecule has 0 aliphatic rings. The van der Waals surface area contributed by atoms with E-state index in [1.807, 2.05) is 0 Å². The molecule has 0 radical (unpaired) electrons. The third-order valence-electron chi connectivity index (χ3n) is 3.24. The highest BCUT2D eigenvalue weighted by molar-refractivity contribution is 5.77. The summed E-state index contributed by atoms with van der Waals surface area (Å²) in [5.74, 6) is -1.76. The third-order valence-corrected chi connectivity index (χ3v) is 3.24. The van der Waals surface area contributed by atoms with E-state index in [0.717, 1.165) is 6.07 Å². The van der Waals surface area contributed by atoms with Crippen LogP contribution in [0.25, 0.3) is 0 Å². The van der Waals surface area contributed by atoms with Gasteiger partial charge in [-0.25, -0.2) is 8.78 Å². The largest absolute Gasteiger partial charge is 0.466 e. The molecule has 0 spiro atoms. The number of esters is 1. The van der Waals surface area contributed by atoms with Crippen LogP contribution in [0.3, 0.4) is 0 Å². The molecule has 2 N–H and O–H groups in total. The zero-order chi connectivity index (χ0) is 14.5. The molecule has 0 aromatic heterocycles. The summed E-state index contributed by atoms with van der Waals surface area (Å²) in [7, 11) is 0. The van der Waals surface area contributed by atoms with Crippen molar-refractivity contribution < 1.29 is 18.3 Å². The molecule has 0 aliphatic heterocycles. The number of benzene rings is 1. The maximum Gasteiger partial charge on any atom is 0.313 e. The van der Waals surface area contributed by atoms with Crippen molar-refractivity contribution in [2.75, 3.05) is 13.2 Å². The lowest BCUT2D eigenvalue weighted by Gasteiger charge is -2.28. The SMILES string of the molecule is CCOC(=O)C(CC)(CN)Cc1cc(F)cc(F)c1. The Morgan fingerprint density at radius 2 is 1.84 bits per heavy atom. The molecule has 1 aromatic carbocycles. The predicted octanol–water partition coefficient (Wildman–Crippen LogP) is 2.43. The number of ether oxygens (including phenoxy) is 1. The standard InChI is InChI=1S/C14H19F2NO2/c1-3-14(9-17,13(18)19-4-2)8-10-5-11(15)7-12(16)6-10/h5-7H,3-4,8-9,17H2,1-2H3. The van der Waals surface area contributed by atoms with Crippen LogP contribution in [0.1, 0.15) is 25.8 Å². The van der Waals surface area contributed by atoms with Crippen LogP contribution in [0.15, 0.2) is 18.2 Å². The molecule has 1 atom stereocenters. The summed E-state index contributed by atoms with van der Waals surface area (Å²) in [6, 6.07) is 3.22. The van der Waals surface area contributed by atoms with E-state index < -0.39 is 23.0 Å². The van der Waals surface area contributed by atoms with Crippen LogP contribution in [0, 0.1) is 17.0 Å². The molecule has 0 fully saturated rings. The Hall–Kier alpha value is -1.49. The minimum Gasteiger partial charge on any atom is -0.466 e. The first-order chi connectivity index (χ1) is 8.97. The van der Waals surface area contributed by atoms with Crippen LogP contribution in [0.4, 0.5) is 8.78 Å². The molecule has 1 aromatic rings. The minimum absolute atomic E-state index is 0.0699. The van der Waals surface area contributed by atoms with Gasteiger partial charge in [0.2, 0.25) is 0 Å². The van der Waals surface area contributed by atoms with Gasteiger partial charge in [0.15, 0.2) is 0 Å². The fraction of sp³-hybridized carbons (Fsp3) is 0.500. The smallest absolute Gasteiger partial charge is 0.313 e. The van der Waals surface area contributed by atoms with Gasteiger partial charge in [0, 0.05) is 12.6 Å². The normalized spacial score (nSPS) is 13.9. The molecular formula is C14H19F2NO2. The van der Waals surface area contributed by atoms with E-state index in [9.17, 15) is 13.6 Å². The highest BCUT2D eigenvalue weighted by Crippen LogP contribution is 2.28. The van der Waals surface area contributed by atoms with Crippen molar-refractivity contribution in [1.29, 1.82) is 0 Å². The molecule has 0 heterocycles. The second-order valence-corrected chi connectivity index (χ2v) is 4.51. The van der Waals surface area contributed by atoms with Crippen molar-refractivity contribution in [3.8, 4) is 0 Å².